The molecular weight excluding hydrogens is 312 g/mol. The highest BCUT2D eigenvalue weighted by molar-refractivity contribution is 5.51. The molecule has 0 amide bonds. The molecule has 1 fully saturated rings. The van der Waals surface area contributed by atoms with E-state index in [1.54, 1.807) is 0 Å². The second-order valence-electron chi connectivity index (χ2n) is 6.99. The third-order valence-electron chi connectivity index (χ3n) is 5.05. The van der Waals surface area contributed by atoms with E-state index in [0.29, 0.717) is 12.0 Å². The number of likely N-dealkylation sites (tertiary alicyclic amines) is 1. The molecule has 6 nitrogen and oxygen atoms in total. The minimum absolute atomic E-state index is 0.363. The van der Waals surface area contributed by atoms with Gasteiger partial charge in [-0.3, -0.25) is 4.90 Å². The summed E-state index contributed by atoms with van der Waals surface area (Å²) in [5.74, 6) is 1.30. The molecule has 25 heavy (non-hydrogen) atoms. The van der Waals surface area contributed by atoms with Gasteiger partial charge in [0.2, 0.25) is 5.95 Å². The van der Waals surface area contributed by atoms with Crippen LogP contribution in [0.25, 0.3) is 0 Å². The van der Waals surface area contributed by atoms with E-state index in [4.69, 9.17) is 5.73 Å². The molecule has 1 atom stereocenters. The summed E-state index contributed by atoms with van der Waals surface area (Å²) >= 11 is 0. The molecular formula is C19H26N6. The molecule has 1 saturated heterocycles. The average molecular weight is 338 g/mol. The second kappa shape index (κ2) is 7.37. The first-order valence-electron chi connectivity index (χ1n) is 9.17. The summed E-state index contributed by atoms with van der Waals surface area (Å²) in [5, 5.41) is 7.02. The Bertz CT molecular complexity index is 717. The molecule has 0 spiro atoms. The van der Waals surface area contributed by atoms with Gasteiger partial charge in [0.05, 0.1) is 5.69 Å². The summed E-state index contributed by atoms with van der Waals surface area (Å²) in [6, 6.07) is 11.1. The van der Waals surface area contributed by atoms with Gasteiger partial charge in [0.25, 0.3) is 0 Å². The predicted octanol–water partition coefficient (Wildman–Crippen LogP) is 1.78. The number of nitrogens with one attached hydrogen (secondary N) is 2. The number of nitrogens with zero attached hydrogens (tertiary/aromatic N) is 3. The van der Waals surface area contributed by atoms with Crippen molar-refractivity contribution in [2.24, 2.45) is 0 Å². The van der Waals surface area contributed by atoms with Gasteiger partial charge in [-0.2, -0.15) is 4.98 Å². The summed E-state index contributed by atoms with van der Waals surface area (Å²) < 4.78 is 0. The number of fused-ring (bicyclic) bond motifs is 1. The molecule has 1 aromatic heterocycles. The lowest BCUT2D eigenvalue weighted by atomic mass is 10.0. The van der Waals surface area contributed by atoms with Gasteiger partial charge < -0.3 is 16.4 Å². The number of anilines is 2. The number of nitrogens with two attached hydrogens (primary N) is 1. The van der Waals surface area contributed by atoms with Crippen LogP contribution >= 0.6 is 0 Å². The number of rotatable bonds is 4. The maximum absolute atomic E-state index is 5.92. The molecule has 3 heterocycles. The van der Waals surface area contributed by atoms with Crippen LogP contribution in [0.5, 0.6) is 0 Å². The van der Waals surface area contributed by atoms with E-state index in [0.717, 1.165) is 50.7 Å². The standard InChI is InChI=1S/C19H26N6/c20-19-23-17-11-21-9-8-16(17)18(24-19)22-15-7-4-10-25(13-15)12-14-5-2-1-3-6-14/h1-3,5-6,15,21H,4,7-13H2,(H3,20,22,23,24). The lowest BCUT2D eigenvalue weighted by Gasteiger charge is -2.34. The van der Waals surface area contributed by atoms with Crippen molar-refractivity contribution in [3.63, 3.8) is 0 Å². The monoisotopic (exact) mass is 338 g/mol. The Morgan fingerprint density at radius 3 is 3.00 bits per heavy atom. The number of nitrogen functional groups attached to an aromatic ring is 1. The second-order valence-corrected chi connectivity index (χ2v) is 6.99. The van der Waals surface area contributed by atoms with Crippen molar-refractivity contribution in [2.75, 3.05) is 30.7 Å². The molecule has 4 rings (SSSR count). The number of piperidine rings is 1. The molecule has 2 aliphatic heterocycles. The van der Waals surface area contributed by atoms with Gasteiger partial charge in [0.15, 0.2) is 0 Å². The van der Waals surface area contributed by atoms with E-state index in [9.17, 15) is 0 Å². The summed E-state index contributed by atoms with van der Waals surface area (Å²) in [7, 11) is 0. The molecule has 2 aromatic rings. The van der Waals surface area contributed by atoms with Gasteiger partial charge in [0.1, 0.15) is 5.82 Å². The molecule has 0 aliphatic carbocycles. The van der Waals surface area contributed by atoms with Crippen LogP contribution in [0.4, 0.5) is 11.8 Å². The quantitative estimate of drug-likeness (QED) is 0.789. The lowest BCUT2D eigenvalue weighted by molar-refractivity contribution is 0.208. The molecule has 0 saturated carbocycles. The molecule has 132 valence electrons. The van der Waals surface area contributed by atoms with Crippen LogP contribution in [0, 0.1) is 0 Å². The Hall–Kier alpha value is -2.18. The van der Waals surface area contributed by atoms with Crippen molar-refractivity contribution in [1.29, 1.82) is 0 Å². The maximum atomic E-state index is 5.92. The SMILES string of the molecule is Nc1nc2c(c(NC3CCCN(Cc4ccccc4)C3)n1)CCNC2. The topological polar surface area (TPSA) is 79.1 Å². The fraction of sp³-hybridized carbons (Fsp3) is 0.474. The zero-order valence-electron chi connectivity index (χ0n) is 14.5. The number of hydrogen-bond acceptors (Lipinski definition) is 6. The van der Waals surface area contributed by atoms with E-state index < -0.39 is 0 Å². The van der Waals surface area contributed by atoms with Gasteiger partial charge in [-0.1, -0.05) is 30.3 Å². The highest BCUT2D eigenvalue weighted by atomic mass is 15.2. The molecule has 0 radical (unpaired) electrons. The Kier molecular flexibility index (Phi) is 4.81. The summed E-state index contributed by atoms with van der Waals surface area (Å²) in [6.07, 6.45) is 3.33. The normalized spacial score (nSPS) is 20.9. The molecule has 1 aromatic carbocycles. The van der Waals surface area contributed by atoms with Crippen molar-refractivity contribution in [3.05, 3.63) is 47.2 Å². The van der Waals surface area contributed by atoms with E-state index in [2.05, 4.69) is 55.8 Å². The first kappa shape index (κ1) is 16.3. The van der Waals surface area contributed by atoms with Crippen molar-refractivity contribution >= 4 is 11.8 Å². The van der Waals surface area contributed by atoms with Gasteiger partial charge in [-0.15, -0.1) is 0 Å². The Labute approximate surface area is 148 Å². The summed E-state index contributed by atoms with van der Waals surface area (Å²) in [5.41, 5.74) is 9.56. The summed E-state index contributed by atoms with van der Waals surface area (Å²) in [4.78, 5) is 11.4. The van der Waals surface area contributed by atoms with Crippen LogP contribution in [0.15, 0.2) is 30.3 Å². The van der Waals surface area contributed by atoms with Crippen molar-refractivity contribution in [3.8, 4) is 0 Å². The van der Waals surface area contributed by atoms with Crippen LogP contribution in [-0.4, -0.2) is 40.5 Å². The van der Waals surface area contributed by atoms with Crippen molar-refractivity contribution in [1.82, 2.24) is 20.2 Å². The fourth-order valence-electron chi connectivity index (χ4n) is 3.85. The van der Waals surface area contributed by atoms with Crippen LogP contribution in [0.3, 0.4) is 0 Å². The third-order valence-corrected chi connectivity index (χ3v) is 5.05. The Morgan fingerprint density at radius 2 is 2.12 bits per heavy atom. The highest BCUT2D eigenvalue weighted by Crippen LogP contribution is 2.24. The zero-order chi connectivity index (χ0) is 17.1. The van der Waals surface area contributed by atoms with Crippen LogP contribution in [0.2, 0.25) is 0 Å². The van der Waals surface area contributed by atoms with Crippen LogP contribution in [-0.2, 0) is 19.5 Å². The number of aromatic nitrogens is 2. The van der Waals surface area contributed by atoms with E-state index in [-0.39, 0.29) is 0 Å². The minimum atomic E-state index is 0.363. The van der Waals surface area contributed by atoms with Gasteiger partial charge in [-0.25, -0.2) is 4.98 Å². The molecule has 1 unspecified atom stereocenters. The van der Waals surface area contributed by atoms with Gasteiger partial charge in [0, 0.05) is 31.2 Å². The molecule has 6 heteroatoms. The third kappa shape index (κ3) is 3.91. The highest BCUT2D eigenvalue weighted by Gasteiger charge is 2.23. The predicted molar refractivity (Wildman–Crippen MR) is 100 cm³/mol. The fourth-order valence-corrected chi connectivity index (χ4v) is 3.85. The average Bonchev–Trinajstić information content (AvgIpc) is 2.63. The van der Waals surface area contributed by atoms with E-state index in [1.807, 2.05) is 0 Å². The molecule has 2 aliphatic rings. The van der Waals surface area contributed by atoms with Crippen LogP contribution < -0.4 is 16.4 Å². The van der Waals surface area contributed by atoms with Crippen LogP contribution in [0.1, 0.15) is 29.7 Å². The maximum Gasteiger partial charge on any atom is 0.222 e. The van der Waals surface area contributed by atoms with E-state index >= 15 is 0 Å². The number of hydrogen-bond donors (Lipinski definition) is 3. The van der Waals surface area contributed by atoms with Gasteiger partial charge >= 0.3 is 0 Å². The zero-order valence-corrected chi connectivity index (χ0v) is 14.5. The largest absolute Gasteiger partial charge is 0.368 e. The molecule has 0 bridgehead atoms. The Balaban J connectivity index is 1.45. The molecule has 4 N–H and O–H groups in total. The Morgan fingerprint density at radius 1 is 1.24 bits per heavy atom. The smallest absolute Gasteiger partial charge is 0.222 e. The van der Waals surface area contributed by atoms with Gasteiger partial charge in [-0.05, 0) is 37.9 Å². The first-order valence-corrected chi connectivity index (χ1v) is 9.17. The number of benzene rings is 1. The first-order chi connectivity index (χ1) is 12.3. The van der Waals surface area contributed by atoms with Crippen molar-refractivity contribution in [2.45, 2.75) is 38.4 Å². The van der Waals surface area contributed by atoms with E-state index in [1.165, 1.54) is 24.0 Å². The minimum Gasteiger partial charge on any atom is -0.368 e. The summed E-state index contributed by atoms with van der Waals surface area (Å²) in [6.45, 7) is 4.95. The lowest BCUT2D eigenvalue weighted by Crippen LogP contribution is -2.42. The van der Waals surface area contributed by atoms with Crippen molar-refractivity contribution < 1.29 is 0 Å².